The fraction of sp³-hybridized carbons (Fsp3) is 0.459. The van der Waals surface area contributed by atoms with Crippen molar-refractivity contribution in [3.8, 4) is 0 Å². The number of amides is 4. The fourth-order valence-electron chi connectivity index (χ4n) is 5.67. The first-order chi connectivity index (χ1) is 24.0. The topological polar surface area (TPSA) is 170 Å². The Morgan fingerprint density at radius 1 is 0.941 bits per heavy atom. The molecule has 1 aliphatic heterocycles. The molecule has 0 radical (unpaired) electrons. The summed E-state index contributed by atoms with van der Waals surface area (Å²) in [5, 5.41) is 7.96. The lowest BCUT2D eigenvalue weighted by atomic mass is 9.89. The summed E-state index contributed by atoms with van der Waals surface area (Å²) >= 11 is 0. The number of hydrogen-bond acceptors (Lipinski definition) is 9. The zero-order valence-electron chi connectivity index (χ0n) is 30.2. The van der Waals surface area contributed by atoms with Crippen molar-refractivity contribution in [2.45, 2.75) is 89.8 Å². The van der Waals surface area contributed by atoms with Gasteiger partial charge in [-0.15, -0.1) is 0 Å². The number of ether oxygens (including phenoxy) is 3. The lowest BCUT2D eigenvalue weighted by molar-refractivity contribution is -0.153. The van der Waals surface area contributed by atoms with E-state index in [0.29, 0.717) is 24.9 Å². The summed E-state index contributed by atoms with van der Waals surface area (Å²) in [5.41, 5.74) is -2.09. The molecule has 2 aromatic carbocycles. The van der Waals surface area contributed by atoms with Crippen molar-refractivity contribution in [3.63, 3.8) is 0 Å². The molecule has 1 aromatic heterocycles. The van der Waals surface area contributed by atoms with E-state index in [1.807, 2.05) is 60.7 Å². The zero-order chi connectivity index (χ0) is 37.4. The highest BCUT2D eigenvalue weighted by molar-refractivity contribution is 5.99. The van der Waals surface area contributed by atoms with Crippen molar-refractivity contribution in [1.82, 2.24) is 25.1 Å². The molecule has 3 N–H and O–H groups in total. The third kappa shape index (κ3) is 9.72. The molecule has 4 rings (SSSR count). The average molecular weight is 705 g/mol. The Kier molecular flexibility index (Phi) is 12.2. The van der Waals surface area contributed by atoms with E-state index in [1.165, 1.54) is 38.4 Å². The molecule has 1 saturated heterocycles. The number of methoxy groups -OCH3 is 1. The molecule has 4 amide bonds. The van der Waals surface area contributed by atoms with Gasteiger partial charge in [-0.3, -0.25) is 14.4 Å². The van der Waals surface area contributed by atoms with Gasteiger partial charge in [0.1, 0.15) is 28.8 Å². The van der Waals surface area contributed by atoms with Crippen molar-refractivity contribution in [2.75, 3.05) is 25.6 Å². The van der Waals surface area contributed by atoms with E-state index >= 15 is 0 Å². The van der Waals surface area contributed by atoms with Crippen LogP contribution >= 0.6 is 0 Å². The van der Waals surface area contributed by atoms with Gasteiger partial charge >= 0.3 is 12.1 Å². The molecule has 0 aliphatic carbocycles. The van der Waals surface area contributed by atoms with Gasteiger partial charge in [-0.25, -0.2) is 14.6 Å². The molecule has 14 nitrogen and oxygen atoms in total. The molecule has 2 heterocycles. The van der Waals surface area contributed by atoms with Crippen LogP contribution in [-0.4, -0.2) is 87.7 Å². The van der Waals surface area contributed by atoms with Crippen LogP contribution in [0.4, 0.5) is 10.6 Å². The van der Waals surface area contributed by atoms with Gasteiger partial charge in [0.2, 0.25) is 5.91 Å². The summed E-state index contributed by atoms with van der Waals surface area (Å²) in [6.07, 6.45) is 3.28. The second kappa shape index (κ2) is 16.2. The number of rotatable bonds is 13. The van der Waals surface area contributed by atoms with Gasteiger partial charge in [0.25, 0.3) is 11.8 Å². The van der Waals surface area contributed by atoms with Crippen LogP contribution in [0.25, 0.3) is 0 Å². The first kappa shape index (κ1) is 38.6. The average Bonchev–Trinajstić information content (AvgIpc) is 3.77. The number of nitrogens with zero attached hydrogens (tertiary/aromatic N) is 3. The first-order valence-corrected chi connectivity index (χ1v) is 16.8. The van der Waals surface area contributed by atoms with Gasteiger partial charge < -0.3 is 39.6 Å². The second-order valence-electron chi connectivity index (χ2n) is 14.1. The van der Waals surface area contributed by atoms with Gasteiger partial charge in [0, 0.05) is 12.7 Å². The van der Waals surface area contributed by atoms with Crippen LogP contribution in [0.5, 0.6) is 0 Å². The summed E-state index contributed by atoms with van der Waals surface area (Å²) in [5.74, 6) is -2.02. The molecular formula is C37H48N6O8. The van der Waals surface area contributed by atoms with E-state index in [4.69, 9.17) is 14.2 Å². The van der Waals surface area contributed by atoms with E-state index in [2.05, 4.69) is 20.9 Å². The molecule has 1 aliphatic rings. The van der Waals surface area contributed by atoms with Gasteiger partial charge in [-0.1, -0.05) is 60.7 Å². The van der Waals surface area contributed by atoms with Crippen LogP contribution in [0.1, 0.15) is 65.5 Å². The number of likely N-dealkylation sites (tertiary alicyclic amines) is 1. The maximum absolute atomic E-state index is 14.3. The first-order valence-electron chi connectivity index (χ1n) is 16.8. The number of aromatic nitrogens is 2. The van der Waals surface area contributed by atoms with E-state index in [-0.39, 0.29) is 24.9 Å². The van der Waals surface area contributed by atoms with Crippen molar-refractivity contribution >= 4 is 35.6 Å². The molecule has 3 unspecified atom stereocenters. The number of hydrogen-bond donors (Lipinski definition) is 3. The number of benzene rings is 2. The normalized spacial score (nSPS) is 16.4. The Labute approximate surface area is 298 Å². The Morgan fingerprint density at radius 3 is 2.22 bits per heavy atom. The number of nitrogens with one attached hydrogen (secondary N) is 3. The molecule has 274 valence electrons. The highest BCUT2D eigenvalue weighted by Crippen LogP contribution is 2.33. The largest absolute Gasteiger partial charge is 0.467 e. The summed E-state index contributed by atoms with van der Waals surface area (Å²) in [4.78, 5) is 72.5. The smallest absolute Gasteiger partial charge is 0.408 e. The minimum Gasteiger partial charge on any atom is -0.467 e. The van der Waals surface area contributed by atoms with Crippen LogP contribution in [0.3, 0.4) is 0 Å². The number of alkyl carbamates (subject to hydrolysis) is 1. The quantitative estimate of drug-likeness (QED) is 0.224. The predicted molar refractivity (Wildman–Crippen MR) is 188 cm³/mol. The number of esters is 1. The van der Waals surface area contributed by atoms with Crippen LogP contribution < -0.4 is 16.0 Å². The molecule has 1 fully saturated rings. The molecular weight excluding hydrogens is 656 g/mol. The van der Waals surface area contributed by atoms with Gasteiger partial charge in [-0.05, 0) is 65.5 Å². The van der Waals surface area contributed by atoms with E-state index in [9.17, 15) is 24.0 Å². The summed E-state index contributed by atoms with van der Waals surface area (Å²) in [7, 11) is 1.30. The van der Waals surface area contributed by atoms with Crippen molar-refractivity contribution in [1.29, 1.82) is 0 Å². The molecule has 3 aromatic rings. The lowest BCUT2D eigenvalue weighted by Gasteiger charge is -2.36. The SMILES string of the molecule is COC(=O)C1CCCN1C(=O)C(C)(c1ccccc1)n1cnc(NC(=O)C(COCc2ccccc2)NC(=O)C(C)(C)NC(=O)OC(C)(C)C)c1. The minimum atomic E-state index is -1.46. The third-order valence-corrected chi connectivity index (χ3v) is 8.49. The Morgan fingerprint density at radius 2 is 1.59 bits per heavy atom. The molecule has 14 heteroatoms. The number of imidazole rings is 1. The Bertz CT molecular complexity index is 1690. The van der Waals surface area contributed by atoms with Crippen LogP contribution in [0.2, 0.25) is 0 Å². The van der Waals surface area contributed by atoms with E-state index in [0.717, 1.165) is 5.56 Å². The maximum Gasteiger partial charge on any atom is 0.408 e. The molecule has 0 spiro atoms. The van der Waals surface area contributed by atoms with Crippen molar-refractivity contribution < 1.29 is 38.2 Å². The number of anilines is 1. The standard InChI is InChI=1S/C37H48N6O8/c1-35(2,3)51-34(48)41-36(4,5)32(46)39-27(23-50-22-25-15-10-8-11-16-25)30(44)40-29-21-42(24-38-29)37(6,26-17-12-9-13-18-26)33(47)43-20-14-19-28(43)31(45)49-7/h8-13,15-18,21,24,27-28H,14,19-20,22-23H2,1-7H3,(H,39,46)(H,40,44)(H,41,48). The van der Waals surface area contributed by atoms with Gasteiger partial charge in [-0.2, -0.15) is 0 Å². The van der Waals surface area contributed by atoms with Crippen LogP contribution in [0, 0.1) is 0 Å². The Hall–Kier alpha value is -5.24. The van der Waals surface area contributed by atoms with E-state index < -0.39 is 52.6 Å². The summed E-state index contributed by atoms with van der Waals surface area (Å²) in [6, 6.07) is 16.5. The molecule has 0 saturated carbocycles. The number of carbonyl (C=O) groups excluding carboxylic acids is 5. The van der Waals surface area contributed by atoms with Crippen LogP contribution in [-0.2, 0) is 45.5 Å². The Balaban J connectivity index is 1.57. The van der Waals surface area contributed by atoms with Gasteiger partial charge in [0.05, 0.1) is 26.7 Å². The minimum absolute atomic E-state index is 0.106. The highest BCUT2D eigenvalue weighted by Gasteiger charge is 2.46. The molecule has 0 bridgehead atoms. The molecule has 51 heavy (non-hydrogen) atoms. The zero-order valence-corrected chi connectivity index (χ0v) is 30.2. The lowest BCUT2D eigenvalue weighted by Crippen LogP contribution is -2.59. The van der Waals surface area contributed by atoms with Gasteiger partial charge in [0.15, 0.2) is 5.82 Å². The second-order valence-corrected chi connectivity index (χ2v) is 14.1. The summed E-state index contributed by atoms with van der Waals surface area (Å²) in [6.45, 7) is 10.2. The monoisotopic (exact) mass is 704 g/mol. The predicted octanol–water partition coefficient (Wildman–Crippen LogP) is 3.75. The third-order valence-electron chi connectivity index (χ3n) is 8.49. The fourth-order valence-corrected chi connectivity index (χ4v) is 5.67. The summed E-state index contributed by atoms with van der Waals surface area (Å²) < 4.78 is 17.7. The van der Waals surface area contributed by atoms with Crippen molar-refractivity contribution in [3.05, 3.63) is 84.3 Å². The maximum atomic E-state index is 14.3. The highest BCUT2D eigenvalue weighted by atomic mass is 16.6. The van der Waals surface area contributed by atoms with Crippen LogP contribution in [0.15, 0.2) is 73.2 Å². The van der Waals surface area contributed by atoms with E-state index in [1.54, 1.807) is 32.3 Å². The number of carbonyl (C=O) groups is 5. The molecule has 3 atom stereocenters. The van der Waals surface area contributed by atoms with Crippen molar-refractivity contribution in [2.24, 2.45) is 0 Å².